The van der Waals surface area contributed by atoms with E-state index in [4.69, 9.17) is 23.8 Å². The Morgan fingerprint density at radius 2 is 1.38 bits per heavy atom. The quantitative estimate of drug-likeness (QED) is 0.320. The number of halogens is 2. The second kappa shape index (κ2) is 9.95. The zero-order chi connectivity index (χ0) is 24.4. The first kappa shape index (κ1) is 23.9. The Morgan fingerprint density at radius 1 is 0.853 bits per heavy atom. The summed E-state index contributed by atoms with van der Waals surface area (Å²) in [6.45, 7) is 8.96. The molecule has 4 rings (SSSR count). The number of aromatic nitrogens is 4. The molecule has 0 aliphatic heterocycles. The maximum Gasteiger partial charge on any atom is 0.175 e. The van der Waals surface area contributed by atoms with Gasteiger partial charge in [-0.05, 0) is 69.2 Å². The van der Waals surface area contributed by atoms with Crippen LogP contribution in [0.15, 0.2) is 48.5 Å². The van der Waals surface area contributed by atoms with Crippen molar-refractivity contribution < 1.29 is 4.39 Å². The van der Waals surface area contributed by atoms with Crippen LogP contribution in [0.4, 0.5) is 15.8 Å². The van der Waals surface area contributed by atoms with E-state index in [-0.39, 0.29) is 5.82 Å². The highest BCUT2D eigenvalue weighted by Crippen LogP contribution is 2.25. The predicted molar refractivity (Wildman–Crippen MR) is 139 cm³/mol. The fourth-order valence-electron chi connectivity index (χ4n) is 3.87. The van der Waals surface area contributed by atoms with E-state index in [0.717, 1.165) is 45.3 Å². The molecule has 2 aromatic carbocycles. The van der Waals surface area contributed by atoms with Crippen LogP contribution in [0.2, 0.25) is 5.02 Å². The van der Waals surface area contributed by atoms with Crippen molar-refractivity contribution in [3.63, 3.8) is 0 Å². The molecule has 0 aliphatic carbocycles. The molecule has 0 spiro atoms. The number of hydrogen-bond acceptors (Lipinski definition) is 3. The fraction of sp³-hybridized carbons (Fsp3) is 0.240. The minimum Gasteiger partial charge on any atom is -0.329 e. The molecule has 0 saturated heterocycles. The molecule has 2 N–H and O–H groups in total. The maximum atomic E-state index is 13.2. The van der Waals surface area contributed by atoms with E-state index in [1.807, 2.05) is 61.3 Å². The van der Waals surface area contributed by atoms with Crippen LogP contribution in [0.5, 0.6) is 0 Å². The van der Waals surface area contributed by atoms with Gasteiger partial charge in [-0.1, -0.05) is 41.9 Å². The Morgan fingerprint density at radius 3 is 1.94 bits per heavy atom. The van der Waals surface area contributed by atoms with E-state index in [9.17, 15) is 4.39 Å². The first-order chi connectivity index (χ1) is 16.2. The molecule has 0 amide bonds. The SMILES string of the molecule is Cc1nn(Cc2ccc(F)cc2)c(C)c1NC(=S)Nc1c(C)nn(Cc2ccccc2Cl)c1C. The van der Waals surface area contributed by atoms with Gasteiger partial charge in [0.1, 0.15) is 5.82 Å². The zero-order valence-corrected chi connectivity index (χ0v) is 21.1. The van der Waals surface area contributed by atoms with Crippen LogP contribution in [0.3, 0.4) is 0 Å². The van der Waals surface area contributed by atoms with Crippen molar-refractivity contribution >= 4 is 40.3 Å². The Bertz CT molecular complexity index is 1340. The molecule has 0 aliphatic rings. The third-order valence-electron chi connectivity index (χ3n) is 5.76. The minimum absolute atomic E-state index is 0.253. The Balaban J connectivity index is 1.48. The van der Waals surface area contributed by atoms with Gasteiger partial charge >= 0.3 is 0 Å². The highest BCUT2D eigenvalue weighted by atomic mass is 35.5. The number of benzene rings is 2. The molecule has 0 fully saturated rings. The third-order valence-corrected chi connectivity index (χ3v) is 6.34. The number of nitrogens with one attached hydrogen (secondary N) is 2. The summed E-state index contributed by atoms with van der Waals surface area (Å²) in [5, 5.41) is 17.0. The zero-order valence-electron chi connectivity index (χ0n) is 19.5. The van der Waals surface area contributed by atoms with Crippen LogP contribution in [0, 0.1) is 33.5 Å². The third kappa shape index (κ3) is 5.13. The first-order valence-electron chi connectivity index (χ1n) is 10.9. The molecule has 6 nitrogen and oxygen atoms in total. The van der Waals surface area contributed by atoms with E-state index < -0.39 is 0 Å². The Hall–Kier alpha value is -3.23. The smallest absolute Gasteiger partial charge is 0.175 e. The normalized spacial score (nSPS) is 11.0. The second-order valence-electron chi connectivity index (χ2n) is 8.20. The molecule has 9 heteroatoms. The number of anilines is 2. The number of hydrogen-bond donors (Lipinski definition) is 2. The van der Waals surface area contributed by atoms with E-state index in [0.29, 0.717) is 23.2 Å². The van der Waals surface area contributed by atoms with Gasteiger partial charge in [0.05, 0.1) is 47.2 Å². The van der Waals surface area contributed by atoms with Crippen LogP contribution in [-0.4, -0.2) is 24.7 Å². The number of aryl methyl sites for hydroxylation is 2. The van der Waals surface area contributed by atoms with Gasteiger partial charge in [-0.2, -0.15) is 10.2 Å². The highest BCUT2D eigenvalue weighted by molar-refractivity contribution is 7.80. The average Bonchev–Trinajstić information content (AvgIpc) is 3.21. The highest BCUT2D eigenvalue weighted by Gasteiger charge is 2.17. The van der Waals surface area contributed by atoms with Gasteiger partial charge < -0.3 is 10.6 Å². The van der Waals surface area contributed by atoms with Crippen molar-refractivity contribution in [2.75, 3.05) is 10.6 Å². The van der Waals surface area contributed by atoms with Crippen molar-refractivity contribution in [2.45, 2.75) is 40.8 Å². The van der Waals surface area contributed by atoms with Gasteiger partial charge in [0.25, 0.3) is 0 Å². The van der Waals surface area contributed by atoms with Gasteiger partial charge in [-0.25, -0.2) is 4.39 Å². The second-order valence-corrected chi connectivity index (χ2v) is 9.02. The molecule has 0 radical (unpaired) electrons. The lowest BCUT2D eigenvalue weighted by atomic mass is 10.2. The standard InChI is InChI=1S/C25H26ClFN6S/c1-15-23(17(3)32(30-15)13-19-9-11-21(27)12-10-19)28-25(34)29-24-16(2)31-33(18(24)4)14-20-7-5-6-8-22(20)26/h5-12H,13-14H2,1-4H3,(H2,28,29,34). The average molecular weight is 497 g/mol. The van der Waals surface area contributed by atoms with E-state index in [1.165, 1.54) is 12.1 Å². The summed E-state index contributed by atoms with van der Waals surface area (Å²) in [6.07, 6.45) is 0. The molecule has 0 bridgehead atoms. The van der Waals surface area contributed by atoms with Crippen molar-refractivity contribution in [3.05, 3.63) is 93.3 Å². The summed E-state index contributed by atoms with van der Waals surface area (Å²) in [5.74, 6) is -0.253. The maximum absolute atomic E-state index is 13.2. The summed E-state index contributed by atoms with van der Waals surface area (Å²) in [6, 6.07) is 14.2. The lowest BCUT2D eigenvalue weighted by molar-refractivity contribution is 0.622. The van der Waals surface area contributed by atoms with E-state index in [2.05, 4.69) is 20.8 Å². The summed E-state index contributed by atoms with van der Waals surface area (Å²) in [4.78, 5) is 0. The van der Waals surface area contributed by atoms with Crippen molar-refractivity contribution in [3.8, 4) is 0 Å². The van der Waals surface area contributed by atoms with E-state index in [1.54, 1.807) is 12.1 Å². The number of thiocarbonyl (C=S) groups is 1. The molecule has 34 heavy (non-hydrogen) atoms. The molecule has 0 unspecified atom stereocenters. The predicted octanol–water partition coefficient (Wildman–Crippen LogP) is 6.01. The van der Waals surface area contributed by atoms with Gasteiger partial charge in [0.2, 0.25) is 0 Å². The van der Waals surface area contributed by atoms with Crippen LogP contribution in [0.25, 0.3) is 0 Å². The molecule has 4 aromatic rings. The summed E-state index contributed by atoms with van der Waals surface area (Å²) in [7, 11) is 0. The lowest BCUT2D eigenvalue weighted by Crippen LogP contribution is -2.21. The van der Waals surface area contributed by atoms with Crippen molar-refractivity contribution in [2.24, 2.45) is 0 Å². The van der Waals surface area contributed by atoms with Crippen molar-refractivity contribution in [1.29, 1.82) is 0 Å². The molecule has 2 heterocycles. The van der Waals surface area contributed by atoms with Crippen LogP contribution in [0.1, 0.15) is 33.9 Å². The molecule has 2 aromatic heterocycles. The van der Waals surface area contributed by atoms with Gasteiger partial charge in [-0.3, -0.25) is 9.36 Å². The molecule has 0 atom stereocenters. The summed E-state index contributed by atoms with van der Waals surface area (Å²) in [5.41, 5.74) is 7.24. The minimum atomic E-state index is -0.253. The summed E-state index contributed by atoms with van der Waals surface area (Å²) < 4.78 is 17.0. The molecule has 176 valence electrons. The van der Waals surface area contributed by atoms with Crippen LogP contribution >= 0.6 is 23.8 Å². The fourth-order valence-corrected chi connectivity index (χ4v) is 4.27. The van der Waals surface area contributed by atoms with Crippen molar-refractivity contribution in [1.82, 2.24) is 19.6 Å². The van der Waals surface area contributed by atoms with Gasteiger partial charge in [0, 0.05) is 5.02 Å². The topological polar surface area (TPSA) is 59.7 Å². The first-order valence-corrected chi connectivity index (χ1v) is 11.7. The molecular weight excluding hydrogens is 471 g/mol. The van der Waals surface area contributed by atoms with Crippen LogP contribution in [-0.2, 0) is 13.1 Å². The molecule has 0 saturated carbocycles. The van der Waals surface area contributed by atoms with Gasteiger partial charge in [-0.15, -0.1) is 0 Å². The lowest BCUT2D eigenvalue weighted by Gasteiger charge is -2.12. The Kier molecular flexibility index (Phi) is 7.00. The number of rotatable bonds is 6. The number of nitrogens with zero attached hydrogens (tertiary/aromatic N) is 4. The molecular formula is C25H26ClFN6S. The summed E-state index contributed by atoms with van der Waals surface area (Å²) >= 11 is 11.9. The van der Waals surface area contributed by atoms with E-state index >= 15 is 0 Å². The van der Waals surface area contributed by atoms with Gasteiger partial charge in [0.15, 0.2) is 5.11 Å². The largest absolute Gasteiger partial charge is 0.329 e. The Labute approximate surface area is 208 Å². The van der Waals surface area contributed by atoms with Crippen LogP contribution < -0.4 is 10.6 Å². The monoisotopic (exact) mass is 496 g/mol.